The summed E-state index contributed by atoms with van der Waals surface area (Å²) in [6.07, 6.45) is 0. The van der Waals surface area contributed by atoms with Gasteiger partial charge >= 0.3 is 174 Å². The van der Waals surface area contributed by atoms with Crippen LogP contribution in [0.4, 0.5) is 0 Å². The molecule has 2 rings (SSSR count). The van der Waals surface area contributed by atoms with Gasteiger partial charge in [-0.05, 0) is 0 Å². The molecule has 0 saturated carbocycles. The van der Waals surface area contributed by atoms with Gasteiger partial charge in [-0.2, -0.15) is 0 Å². The predicted molar refractivity (Wildman–Crippen MR) is 113 cm³/mol. The summed E-state index contributed by atoms with van der Waals surface area (Å²) in [5.74, 6) is 2.76. The molecule has 0 aliphatic rings. The molecule has 2 aromatic carbocycles. The third kappa shape index (κ3) is 4.58. The van der Waals surface area contributed by atoms with E-state index in [1.807, 2.05) is 12.1 Å². The van der Waals surface area contributed by atoms with Crippen LogP contribution in [-0.4, -0.2) is 60.4 Å². The molecule has 0 fully saturated rings. The Hall–Kier alpha value is -0.901. The molecule has 0 saturated heterocycles. The number of hydrogen-bond acceptors (Lipinski definition) is 6. The Balaban J connectivity index is 3.04. The Morgan fingerprint density at radius 1 is 0.778 bits per heavy atom. The van der Waals surface area contributed by atoms with Gasteiger partial charge in [0.2, 0.25) is 0 Å². The summed E-state index contributed by atoms with van der Waals surface area (Å²) < 4.78 is 35.7. The van der Waals surface area contributed by atoms with E-state index in [1.54, 1.807) is 28.4 Å². The van der Waals surface area contributed by atoms with Gasteiger partial charge in [0.25, 0.3) is 0 Å². The molecule has 2 aromatic rings. The molecule has 0 atom stereocenters. The van der Waals surface area contributed by atoms with Crippen molar-refractivity contribution in [1.82, 2.24) is 0 Å². The number of ether oxygens (including phenoxy) is 6. The van der Waals surface area contributed by atoms with E-state index in [2.05, 4.69) is 30.7 Å². The predicted octanol–water partition coefficient (Wildman–Crippen LogP) is 4.13. The number of methoxy groups -OCH3 is 4. The van der Waals surface area contributed by atoms with Crippen molar-refractivity contribution in [3.63, 3.8) is 0 Å². The van der Waals surface area contributed by atoms with Gasteiger partial charge < -0.3 is 0 Å². The fourth-order valence-corrected chi connectivity index (χ4v) is 12.2. The van der Waals surface area contributed by atoms with E-state index in [1.165, 1.54) is 0 Å². The van der Waals surface area contributed by atoms with Gasteiger partial charge in [-0.25, -0.2) is 0 Å². The maximum absolute atomic E-state index is 6.09. The van der Waals surface area contributed by atoms with Gasteiger partial charge in [0.1, 0.15) is 0 Å². The molecule has 0 aliphatic carbocycles. The quantitative estimate of drug-likeness (QED) is 0.346. The van der Waals surface area contributed by atoms with Crippen molar-refractivity contribution >= 4 is 48.7 Å². The molecule has 8 heteroatoms. The van der Waals surface area contributed by atoms with E-state index < -0.39 is 18.4 Å². The van der Waals surface area contributed by atoms with Crippen LogP contribution in [0.3, 0.4) is 0 Å². The van der Waals surface area contributed by atoms with Gasteiger partial charge in [-0.1, -0.05) is 0 Å². The monoisotopic (exact) mass is 550 g/mol. The molecule has 0 bridgehead atoms. The Bertz CT molecular complexity index is 803. The Labute approximate surface area is 173 Å². The van der Waals surface area contributed by atoms with Gasteiger partial charge in [-0.15, -0.1) is 0 Å². The summed E-state index contributed by atoms with van der Waals surface area (Å²) in [6, 6.07) is 3.73. The normalized spacial score (nSPS) is 11.6. The summed E-state index contributed by atoms with van der Waals surface area (Å²) in [6.45, 7) is 0.251. The SMILES string of the molecule is COCOc1c(Br)[c]([Sn]([CH3])([CH3])[CH3])c(OCOC)c2c(OC)ccc(OC)c12. The van der Waals surface area contributed by atoms with E-state index in [-0.39, 0.29) is 13.6 Å². The van der Waals surface area contributed by atoms with Crippen molar-refractivity contribution in [2.75, 3.05) is 42.0 Å². The van der Waals surface area contributed by atoms with Crippen molar-refractivity contribution in [3.8, 4) is 23.0 Å². The standard InChI is InChI=1S/C16H18BrO6.3CH3.Sn/c1-18-8-22-13-7-10(17)16(23-9-19-2)15-12(21-4)6-5-11(20-3)14(13)15;;;;/h5-6H,8-9H2,1-4H3;3*1H3;. The van der Waals surface area contributed by atoms with Crippen LogP contribution >= 0.6 is 15.9 Å². The molecular weight excluding hydrogens is 523 g/mol. The van der Waals surface area contributed by atoms with Crippen LogP contribution in [0, 0.1) is 0 Å². The minimum atomic E-state index is -2.69. The van der Waals surface area contributed by atoms with Crippen LogP contribution in [0.2, 0.25) is 14.8 Å². The summed E-state index contributed by atoms with van der Waals surface area (Å²) in [5.41, 5.74) is 0. The van der Waals surface area contributed by atoms with Gasteiger partial charge in [0.05, 0.1) is 0 Å². The second-order valence-corrected chi connectivity index (χ2v) is 22.0. The fourth-order valence-electron chi connectivity index (χ4n) is 2.99. The molecular formula is C19H27BrO6Sn. The number of halogens is 1. The summed E-state index contributed by atoms with van der Waals surface area (Å²) in [5, 5.41) is 1.58. The zero-order chi connectivity index (χ0) is 20.2. The van der Waals surface area contributed by atoms with Crippen molar-refractivity contribution in [3.05, 3.63) is 16.6 Å². The molecule has 27 heavy (non-hydrogen) atoms. The van der Waals surface area contributed by atoms with E-state index in [0.717, 1.165) is 24.6 Å². The van der Waals surface area contributed by atoms with Crippen molar-refractivity contribution < 1.29 is 28.4 Å². The van der Waals surface area contributed by atoms with E-state index in [9.17, 15) is 0 Å². The van der Waals surface area contributed by atoms with Crippen molar-refractivity contribution in [2.45, 2.75) is 14.8 Å². The summed E-state index contributed by atoms with van der Waals surface area (Å²) >= 11 is 1.08. The first-order valence-corrected chi connectivity index (χ1v) is 19.2. The second kappa shape index (κ2) is 9.53. The zero-order valence-corrected chi connectivity index (χ0v) is 21.3. The molecule has 0 heterocycles. The molecule has 0 N–H and O–H groups in total. The van der Waals surface area contributed by atoms with Crippen LogP contribution in [0.25, 0.3) is 10.8 Å². The minimum absolute atomic E-state index is 0.117. The van der Waals surface area contributed by atoms with Crippen LogP contribution in [0.1, 0.15) is 0 Å². The van der Waals surface area contributed by atoms with Crippen molar-refractivity contribution in [1.29, 1.82) is 0 Å². The van der Waals surface area contributed by atoms with E-state index in [0.29, 0.717) is 17.2 Å². The van der Waals surface area contributed by atoms with Crippen LogP contribution in [0.5, 0.6) is 23.0 Å². The van der Waals surface area contributed by atoms with E-state index in [4.69, 9.17) is 28.4 Å². The van der Waals surface area contributed by atoms with E-state index >= 15 is 0 Å². The maximum atomic E-state index is 6.09. The average Bonchev–Trinajstić information content (AvgIpc) is 2.63. The Morgan fingerprint density at radius 2 is 1.22 bits per heavy atom. The number of hydrogen-bond donors (Lipinski definition) is 0. The number of rotatable bonds is 9. The molecule has 0 aromatic heterocycles. The fraction of sp³-hybridized carbons (Fsp3) is 0.474. The molecule has 0 aliphatic heterocycles. The third-order valence-corrected chi connectivity index (χ3v) is 11.5. The van der Waals surface area contributed by atoms with Crippen LogP contribution < -0.4 is 22.5 Å². The first-order valence-electron chi connectivity index (χ1n) is 8.45. The molecule has 0 unspecified atom stereocenters. The van der Waals surface area contributed by atoms with Gasteiger partial charge in [0, 0.05) is 0 Å². The van der Waals surface area contributed by atoms with Gasteiger partial charge in [-0.3, -0.25) is 0 Å². The van der Waals surface area contributed by atoms with Crippen LogP contribution in [-0.2, 0) is 9.47 Å². The molecule has 6 nitrogen and oxygen atoms in total. The number of benzene rings is 2. The molecule has 150 valence electrons. The number of fused-ring (bicyclic) bond motifs is 1. The zero-order valence-electron chi connectivity index (χ0n) is 16.9. The molecule has 0 radical (unpaired) electrons. The van der Waals surface area contributed by atoms with Gasteiger partial charge in [0.15, 0.2) is 0 Å². The summed E-state index contributed by atoms with van der Waals surface area (Å²) in [7, 11) is 6.46. The third-order valence-electron chi connectivity index (χ3n) is 4.06. The Morgan fingerprint density at radius 3 is 1.63 bits per heavy atom. The van der Waals surface area contributed by atoms with Crippen molar-refractivity contribution in [2.24, 2.45) is 0 Å². The molecule has 0 amide bonds. The first-order chi connectivity index (χ1) is 12.8. The second-order valence-electron chi connectivity index (χ2n) is 6.92. The summed E-state index contributed by atoms with van der Waals surface area (Å²) in [4.78, 5) is 6.94. The van der Waals surface area contributed by atoms with Crippen LogP contribution in [0.15, 0.2) is 16.6 Å². The topological polar surface area (TPSA) is 55.4 Å². The first kappa shape index (κ1) is 22.4. The Kier molecular flexibility index (Phi) is 7.91. The average molecular weight is 550 g/mol. The molecule has 0 spiro atoms.